The largest absolute Gasteiger partial charge is 0.342 e. The fourth-order valence-electron chi connectivity index (χ4n) is 3.31. The van der Waals surface area contributed by atoms with E-state index in [1.807, 2.05) is 6.20 Å². The van der Waals surface area contributed by atoms with E-state index in [1.165, 1.54) is 16.3 Å². The van der Waals surface area contributed by atoms with Gasteiger partial charge in [0.2, 0.25) is 0 Å². The second-order valence-corrected chi connectivity index (χ2v) is 7.19. The van der Waals surface area contributed by atoms with E-state index in [-0.39, 0.29) is 0 Å². The van der Waals surface area contributed by atoms with Crippen LogP contribution in [0.4, 0.5) is 0 Å². The number of hydrogen-bond acceptors (Lipinski definition) is 2. The second-order valence-electron chi connectivity index (χ2n) is 7.19. The molecule has 1 N–H and O–H groups in total. The van der Waals surface area contributed by atoms with Crippen LogP contribution >= 0.6 is 0 Å². The summed E-state index contributed by atoms with van der Waals surface area (Å²) in [5.74, 6) is 1.84. The molecule has 0 saturated carbocycles. The third-order valence-corrected chi connectivity index (χ3v) is 4.81. The van der Waals surface area contributed by atoms with Crippen LogP contribution in [0.2, 0.25) is 0 Å². The van der Waals surface area contributed by atoms with Gasteiger partial charge in [0.15, 0.2) is 0 Å². The summed E-state index contributed by atoms with van der Waals surface area (Å²) in [5, 5.41) is 2.45. The molecule has 0 fully saturated rings. The fraction of sp³-hybridized carbons (Fsp3) is 0.273. The summed E-state index contributed by atoms with van der Waals surface area (Å²) in [6.07, 6.45) is 2.95. The van der Waals surface area contributed by atoms with Gasteiger partial charge in [-0.25, -0.2) is 4.98 Å². The molecule has 0 saturated heterocycles. The van der Waals surface area contributed by atoms with Crippen molar-refractivity contribution in [1.29, 1.82) is 0 Å². The Balaban J connectivity index is 1.60. The zero-order valence-corrected chi connectivity index (χ0v) is 15.0. The summed E-state index contributed by atoms with van der Waals surface area (Å²) in [5.41, 5.74) is 4.63. The maximum atomic E-state index is 4.67. The standard InChI is InChI=1S/C22H23N3/c1-14(2)22-24-19-9-8-16(11-21(19)25-22)10-15(3)20-12-17-6-4-5-7-18(17)13-23-20/h4-9,11-15H,10H2,1-3H3,(H,24,25). The molecule has 1 atom stereocenters. The Hall–Kier alpha value is -2.68. The molecule has 25 heavy (non-hydrogen) atoms. The third-order valence-electron chi connectivity index (χ3n) is 4.81. The number of aromatic amines is 1. The molecular weight excluding hydrogens is 306 g/mol. The molecular formula is C22H23N3. The lowest BCUT2D eigenvalue weighted by atomic mass is 9.96. The Morgan fingerprint density at radius 2 is 1.76 bits per heavy atom. The Morgan fingerprint density at radius 1 is 0.960 bits per heavy atom. The fourth-order valence-corrected chi connectivity index (χ4v) is 3.31. The summed E-state index contributed by atoms with van der Waals surface area (Å²) < 4.78 is 0. The van der Waals surface area contributed by atoms with Gasteiger partial charge >= 0.3 is 0 Å². The number of pyridine rings is 1. The van der Waals surface area contributed by atoms with Crippen molar-refractivity contribution in [2.45, 2.75) is 39.0 Å². The molecule has 0 spiro atoms. The normalized spacial score (nSPS) is 13.0. The lowest BCUT2D eigenvalue weighted by Gasteiger charge is -2.12. The van der Waals surface area contributed by atoms with E-state index in [0.29, 0.717) is 11.8 Å². The number of rotatable bonds is 4. The molecule has 126 valence electrons. The minimum Gasteiger partial charge on any atom is -0.342 e. The Morgan fingerprint density at radius 3 is 2.56 bits per heavy atom. The van der Waals surface area contributed by atoms with Crippen molar-refractivity contribution in [3.05, 3.63) is 71.8 Å². The van der Waals surface area contributed by atoms with Gasteiger partial charge in [-0.15, -0.1) is 0 Å². The highest BCUT2D eigenvalue weighted by molar-refractivity contribution is 5.82. The summed E-state index contributed by atoms with van der Waals surface area (Å²) in [7, 11) is 0. The van der Waals surface area contributed by atoms with E-state index in [4.69, 9.17) is 0 Å². The second kappa shape index (κ2) is 6.32. The van der Waals surface area contributed by atoms with Gasteiger partial charge in [-0.3, -0.25) is 4.98 Å². The van der Waals surface area contributed by atoms with E-state index in [9.17, 15) is 0 Å². The van der Waals surface area contributed by atoms with Crippen LogP contribution in [-0.4, -0.2) is 15.0 Å². The summed E-state index contributed by atoms with van der Waals surface area (Å²) >= 11 is 0. The van der Waals surface area contributed by atoms with Crippen LogP contribution in [-0.2, 0) is 6.42 Å². The Bertz CT molecular complexity index is 1030. The molecule has 0 bridgehead atoms. The number of fused-ring (bicyclic) bond motifs is 2. The maximum Gasteiger partial charge on any atom is 0.109 e. The number of benzene rings is 2. The van der Waals surface area contributed by atoms with Crippen molar-refractivity contribution in [2.24, 2.45) is 0 Å². The van der Waals surface area contributed by atoms with Crippen molar-refractivity contribution in [1.82, 2.24) is 15.0 Å². The Kier molecular flexibility index (Phi) is 4.00. The van der Waals surface area contributed by atoms with Crippen LogP contribution in [0.3, 0.4) is 0 Å². The smallest absolute Gasteiger partial charge is 0.109 e. The van der Waals surface area contributed by atoms with Crippen molar-refractivity contribution < 1.29 is 0 Å². The van der Waals surface area contributed by atoms with Crippen LogP contribution in [0.5, 0.6) is 0 Å². The predicted octanol–water partition coefficient (Wildman–Crippen LogP) is 5.58. The highest BCUT2D eigenvalue weighted by atomic mass is 14.9. The van der Waals surface area contributed by atoms with Crippen LogP contribution in [0.15, 0.2) is 54.7 Å². The van der Waals surface area contributed by atoms with E-state index in [0.717, 1.165) is 29.0 Å². The number of hydrogen-bond donors (Lipinski definition) is 1. The van der Waals surface area contributed by atoms with Crippen LogP contribution in [0, 0.1) is 0 Å². The molecule has 1 unspecified atom stereocenters. The van der Waals surface area contributed by atoms with E-state index in [1.54, 1.807) is 0 Å². The van der Waals surface area contributed by atoms with E-state index >= 15 is 0 Å². The van der Waals surface area contributed by atoms with Gasteiger partial charge in [-0.2, -0.15) is 0 Å². The molecule has 2 aromatic carbocycles. The molecule has 2 heterocycles. The molecule has 3 nitrogen and oxygen atoms in total. The predicted molar refractivity (Wildman–Crippen MR) is 104 cm³/mol. The number of aromatic nitrogens is 3. The molecule has 2 aromatic heterocycles. The average molecular weight is 329 g/mol. The number of H-pyrrole nitrogens is 1. The van der Waals surface area contributed by atoms with Gasteiger partial charge in [0.1, 0.15) is 5.82 Å². The first-order valence-electron chi connectivity index (χ1n) is 8.93. The first-order valence-corrected chi connectivity index (χ1v) is 8.93. The molecule has 3 heteroatoms. The van der Waals surface area contributed by atoms with Crippen molar-refractivity contribution in [2.75, 3.05) is 0 Å². The minimum atomic E-state index is 0.370. The maximum absolute atomic E-state index is 4.67. The first kappa shape index (κ1) is 15.8. The van der Waals surface area contributed by atoms with Crippen LogP contribution in [0.25, 0.3) is 21.8 Å². The van der Waals surface area contributed by atoms with Gasteiger partial charge in [-0.1, -0.05) is 51.1 Å². The molecule has 0 aliphatic heterocycles. The number of imidazole rings is 1. The number of nitrogens with zero attached hydrogens (tertiary/aromatic N) is 2. The van der Waals surface area contributed by atoms with E-state index < -0.39 is 0 Å². The Labute approximate surface area is 148 Å². The summed E-state index contributed by atoms with van der Waals surface area (Å²) in [6, 6.07) is 17.1. The molecule has 0 radical (unpaired) electrons. The topological polar surface area (TPSA) is 41.6 Å². The summed E-state index contributed by atoms with van der Waals surface area (Å²) in [4.78, 5) is 12.8. The molecule has 0 aliphatic carbocycles. The molecule has 4 rings (SSSR count). The minimum absolute atomic E-state index is 0.370. The van der Waals surface area contributed by atoms with E-state index in [2.05, 4.69) is 84.3 Å². The quantitative estimate of drug-likeness (QED) is 0.531. The van der Waals surface area contributed by atoms with Gasteiger partial charge < -0.3 is 4.98 Å². The highest BCUT2D eigenvalue weighted by Crippen LogP contribution is 2.24. The zero-order chi connectivity index (χ0) is 17.4. The monoisotopic (exact) mass is 329 g/mol. The van der Waals surface area contributed by atoms with Gasteiger partial charge in [0.25, 0.3) is 0 Å². The first-order chi connectivity index (χ1) is 12.1. The van der Waals surface area contributed by atoms with Gasteiger partial charge in [0, 0.05) is 29.1 Å². The summed E-state index contributed by atoms with van der Waals surface area (Å²) in [6.45, 7) is 6.56. The molecule has 0 aliphatic rings. The third kappa shape index (κ3) is 3.14. The van der Waals surface area contributed by atoms with Crippen LogP contribution < -0.4 is 0 Å². The van der Waals surface area contributed by atoms with Gasteiger partial charge in [0.05, 0.1) is 11.0 Å². The lowest BCUT2D eigenvalue weighted by Crippen LogP contribution is -2.01. The van der Waals surface area contributed by atoms with Crippen molar-refractivity contribution >= 4 is 21.8 Å². The SMILES string of the molecule is CC(C)c1nc2ccc(CC(C)c3cc4ccccc4cn3)cc2[nH]1. The highest BCUT2D eigenvalue weighted by Gasteiger charge is 2.11. The van der Waals surface area contributed by atoms with Crippen molar-refractivity contribution in [3.63, 3.8) is 0 Å². The molecule has 0 amide bonds. The van der Waals surface area contributed by atoms with Gasteiger partial charge in [-0.05, 0) is 35.6 Å². The average Bonchev–Trinajstić information content (AvgIpc) is 3.05. The lowest BCUT2D eigenvalue weighted by molar-refractivity contribution is 0.733. The van der Waals surface area contributed by atoms with Crippen molar-refractivity contribution in [3.8, 4) is 0 Å². The zero-order valence-electron chi connectivity index (χ0n) is 15.0. The molecule has 4 aromatic rings. The van der Waals surface area contributed by atoms with Crippen LogP contribution in [0.1, 0.15) is 49.7 Å². The number of nitrogens with one attached hydrogen (secondary N) is 1.